The van der Waals surface area contributed by atoms with Crippen molar-refractivity contribution in [3.05, 3.63) is 17.7 Å². The molecule has 1 aromatic heterocycles. The van der Waals surface area contributed by atoms with Crippen molar-refractivity contribution >= 4 is 17.5 Å². The fourth-order valence-electron chi connectivity index (χ4n) is 1.76. The zero-order valence-corrected chi connectivity index (χ0v) is 12.2. The summed E-state index contributed by atoms with van der Waals surface area (Å²) in [5.41, 5.74) is 0. The number of pyridine rings is 1. The average molecular weight is 298 g/mol. The molecule has 1 atom stereocenters. The third-order valence-corrected chi connectivity index (χ3v) is 3.14. The van der Waals surface area contributed by atoms with Crippen LogP contribution in [0, 0.1) is 11.6 Å². The molecule has 21 heavy (non-hydrogen) atoms. The summed E-state index contributed by atoms with van der Waals surface area (Å²) in [6, 6.07) is 0.352. The van der Waals surface area contributed by atoms with Gasteiger partial charge in [0.2, 0.25) is 5.91 Å². The van der Waals surface area contributed by atoms with Crippen LogP contribution in [0.3, 0.4) is 0 Å². The highest BCUT2D eigenvalue weighted by Gasteiger charge is 2.26. The first-order chi connectivity index (χ1) is 10.0. The highest BCUT2D eigenvalue weighted by Crippen LogP contribution is 2.21. The molecule has 116 valence electrons. The fourth-order valence-corrected chi connectivity index (χ4v) is 1.76. The molecule has 0 aromatic carbocycles. The SMILES string of the molecule is CCCNc1nc(NC(C)C(=O)NC2CC2)c(F)cc1F. The number of hydrogen-bond donors (Lipinski definition) is 3. The third-order valence-electron chi connectivity index (χ3n) is 3.14. The minimum Gasteiger partial charge on any atom is -0.368 e. The molecule has 1 aliphatic rings. The molecule has 0 radical (unpaired) electrons. The number of amides is 1. The number of nitrogens with zero attached hydrogens (tertiary/aromatic N) is 1. The maximum Gasteiger partial charge on any atom is 0.242 e. The Morgan fingerprint density at radius 1 is 1.38 bits per heavy atom. The van der Waals surface area contributed by atoms with Crippen molar-refractivity contribution in [3.63, 3.8) is 0 Å². The van der Waals surface area contributed by atoms with Gasteiger partial charge in [0.05, 0.1) is 0 Å². The second kappa shape index (κ2) is 6.69. The number of hydrogen-bond acceptors (Lipinski definition) is 4. The van der Waals surface area contributed by atoms with Crippen molar-refractivity contribution in [1.29, 1.82) is 0 Å². The average Bonchev–Trinajstić information content (AvgIpc) is 3.24. The summed E-state index contributed by atoms with van der Waals surface area (Å²) in [5.74, 6) is -1.93. The monoisotopic (exact) mass is 298 g/mol. The van der Waals surface area contributed by atoms with Gasteiger partial charge in [-0.05, 0) is 26.2 Å². The minimum atomic E-state index is -0.819. The van der Waals surface area contributed by atoms with Crippen LogP contribution in [-0.2, 0) is 4.79 Å². The van der Waals surface area contributed by atoms with Gasteiger partial charge in [-0.2, -0.15) is 0 Å². The molecule has 0 aliphatic heterocycles. The largest absolute Gasteiger partial charge is 0.368 e. The molecular formula is C14H20F2N4O. The van der Waals surface area contributed by atoms with Crippen molar-refractivity contribution in [3.8, 4) is 0 Å². The number of halogens is 2. The standard InChI is InChI=1S/C14H20F2N4O/c1-3-6-17-12-10(15)7-11(16)13(20-12)18-8(2)14(21)19-9-4-5-9/h7-9H,3-6H2,1-2H3,(H,19,21)(H2,17,18,20). The first-order valence-corrected chi connectivity index (χ1v) is 7.18. The van der Waals surface area contributed by atoms with Crippen LogP contribution in [0.5, 0.6) is 0 Å². The lowest BCUT2D eigenvalue weighted by atomic mass is 10.3. The molecular weight excluding hydrogens is 278 g/mol. The summed E-state index contributed by atoms with van der Waals surface area (Å²) in [7, 11) is 0. The van der Waals surface area contributed by atoms with Gasteiger partial charge in [0.15, 0.2) is 23.3 Å². The molecule has 1 aromatic rings. The van der Waals surface area contributed by atoms with Crippen LogP contribution in [0.25, 0.3) is 0 Å². The summed E-state index contributed by atoms with van der Waals surface area (Å²) in [6.45, 7) is 4.08. The molecule has 1 heterocycles. The maximum absolute atomic E-state index is 13.7. The molecule has 2 rings (SSSR count). The maximum atomic E-state index is 13.7. The van der Waals surface area contributed by atoms with Crippen LogP contribution >= 0.6 is 0 Å². The van der Waals surface area contributed by atoms with Gasteiger partial charge in [-0.25, -0.2) is 13.8 Å². The van der Waals surface area contributed by atoms with Crippen LogP contribution < -0.4 is 16.0 Å². The molecule has 3 N–H and O–H groups in total. The molecule has 1 fully saturated rings. The van der Waals surface area contributed by atoms with E-state index in [1.807, 2.05) is 6.92 Å². The van der Waals surface area contributed by atoms with E-state index in [0.717, 1.165) is 25.3 Å². The summed E-state index contributed by atoms with van der Waals surface area (Å²) in [4.78, 5) is 15.7. The molecule has 7 heteroatoms. The fraction of sp³-hybridized carbons (Fsp3) is 0.571. The highest BCUT2D eigenvalue weighted by atomic mass is 19.1. The highest BCUT2D eigenvalue weighted by molar-refractivity contribution is 5.84. The summed E-state index contributed by atoms with van der Waals surface area (Å²) >= 11 is 0. The minimum absolute atomic E-state index is 0.0180. The molecule has 5 nitrogen and oxygen atoms in total. The van der Waals surface area contributed by atoms with Crippen LogP contribution in [0.15, 0.2) is 6.07 Å². The van der Waals surface area contributed by atoms with Gasteiger partial charge in [-0.1, -0.05) is 6.92 Å². The van der Waals surface area contributed by atoms with E-state index in [4.69, 9.17) is 0 Å². The summed E-state index contributed by atoms with van der Waals surface area (Å²) in [6.07, 6.45) is 2.75. The molecule has 1 amide bonds. The predicted octanol–water partition coefficient (Wildman–Crippen LogP) is 2.26. The Hall–Kier alpha value is -1.92. The second-order valence-electron chi connectivity index (χ2n) is 5.22. The smallest absolute Gasteiger partial charge is 0.242 e. The van der Waals surface area contributed by atoms with Crippen molar-refractivity contribution in [2.45, 2.75) is 45.2 Å². The lowest BCUT2D eigenvalue weighted by Crippen LogP contribution is -2.39. The summed E-state index contributed by atoms with van der Waals surface area (Å²) in [5, 5.41) is 8.28. The lowest BCUT2D eigenvalue weighted by molar-refractivity contribution is -0.121. The second-order valence-corrected chi connectivity index (χ2v) is 5.22. The van der Waals surface area contributed by atoms with E-state index in [9.17, 15) is 13.6 Å². The Morgan fingerprint density at radius 3 is 2.67 bits per heavy atom. The van der Waals surface area contributed by atoms with Gasteiger partial charge in [-0.3, -0.25) is 4.79 Å². The number of anilines is 2. The zero-order chi connectivity index (χ0) is 15.4. The number of rotatable bonds is 7. The first-order valence-electron chi connectivity index (χ1n) is 7.18. The van der Waals surface area contributed by atoms with Gasteiger partial charge in [-0.15, -0.1) is 0 Å². The van der Waals surface area contributed by atoms with E-state index in [2.05, 4.69) is 20.9 Å². The van der Waals surface area contributed by atoms with Crippen molar-refractivity contribution < 1.29 is 13.6 Å². The number of carbonyl (C=O) groups is 1. The van der Waals surface area contributed by atoms with Crippen LogP contribution in [-0.4, -0.2) is 29.5 Å². The molecule has 1 aliphatic carbocycles. The Morgan fingerprint density at radius 2 is 2.05 bits per heavy atom. The van der Waals surface area contributed by atoms with Crippen LogP contribution in [0.4, 0.5) is 20.4 Å². The van der Waals surface area contributed by atoms with E-state index >= 15 is 0 Å². The van der Waals surface area contributed by atoms with Crippen molar-refractivity contribution in [1.82, 2.24) is 10.3 Å². The molecule has 0 bridgehead atoms. The Balaban J connectivity index is 2.04. The van der Waals surface area contributed by atoms with Gasteiger partial charge in [0.1, 0.15) is 6.04 Å². The van der Waals surface area contributed by atoms with E-state index in [-0.39, 0.29) is 23.6 Å². The number of nitrogens with one attached hydrogen (secondary N) is 3. The van der Waals surface area contributed by atoms with E-state index in [0.29, 0.717) is 6.54 Å². The molecule has 1 unspecified atom stereocenters. The molecule has 0 spiro atoms. The van der Waals surface area contributed by atoms with Crippen LogP contribution in [0.1, 0.15) is 33.1 Å². The quantitative estimate of drug-likeness (QED) is 0.722. The molecule has 1 saturated carbocycles. The number of carbonyl (C=O) groups excluding carboxylic acids is 1. The van der Waals surface area contributed by atoms with Crippen molar-refractivity contribution in [2.75, 3.05) is 17.2 Å². The topological polar surface area (TPSA) is 66.0 Å². The van der Waals surface area contributed by atoms with Gasteiger partial charge in [0.25, 0.3) is 0 Å². The lowest BCUT2D eigenvalue weighted by Gasteiger charge is -2.16. The van der Waals surface area contributed by atoms with Gasteiger partial charge in [0, 0.05) is 18.7 Å². The van der Waals surface area contributed by atoms with Crippen LogP contribution in [0.2, 0.25) is 0 Å². The normalized spacial score (nSPS) is 15.4. The van der Waals surface area contributed by atoms with E-state index in [1.165, 1.54) is 0 Å². The van der Waals surface area contributed by atoms with Crippen molar-refractivity contribution in [2.24, 2.45) is 0 Å². The Labute approximate surface area is 122 Å². The van der Waals surface area contributed by atoms with E-state index in [1.54, 1.807) is 6.92 Å². The number of aromatic nitrogens is 1. The first kappa shape index (κ1) is 15.5. The van der Waals surface area contributed by atoms with E-state index < -0.39 is 17.7 Å². The van der Waals surface area contributed by atoms with Gasteiger partial charge >= 0.3 is 0 Å². The summed E-state index contributed by atoms with van der Waals surface area (Å²) < 4.78 is 27.3. The molecule has 0 saturated heterocycles. The third kappa shape index (κ3) is 4.27. The van der Waals surface area contributed by atoms with Gasteiger partial charge < -0.3 is 16.0 Å². The Bertz CT molecular complexity index is 520. The Kier molecular flexibility index (Phi) is 4.93. The zero-order valence-electron chi connectivity index (χ0n) is 12.2. The predicted molar refractivity (Wildman–Crippen MR) is 77.2 cm³/mol.